The smallest absolute Gasteiger partial charge is 0.329 e. The van der Waals surface area contributed by atoms with E-state index >= 15 is 0 Å². The van der Waals surface area contributed by atoms with Crippen LogP contribution in [0.15, 0.2) is 48.1 Å². The molecule has 1 N–H and O–H groups in total. The van der Waals surface area contributed by atoms with Crippen LogP contribution in [0.3, 0.4) is 0 Å². The molecule has 0 amide bonds. The number of fused-ring (bicyclic) bond motifs is 1. The number of hydrogen-bond donors (Lipinski definition) is 1. The first kappa shape index (κ1) is 21.3. The largest absolute Gasteiger partial charge is 0.493 e. The van der Waals surface area contributed by atoms with Crippen molar-refractivity contribution in [1.29, 1.82) is 0 Å². The van der Waals surface area contributed by atoms with Crippen LogP contribution in [0.1, 0.15) is 25.7 Å². The zero-order valence-corrected chi connectivity index (χ0v) is 16.5. The highest BCUT2D eigenvalue weighted by molar-refractivity contribution is 5.67. The minimum Gasteiger partial charge on any atom is -0.493 e. The quantitative estimate of drug-likeness (QED) is 0.389. The van der Waals surface area contributed by atoms with Gasteiger partial charge in [0.05, 0.1) is 25.9 Å². The van der Waals surface area contributed by atoms with Gasteiger partial charge in [-0.1, -0.05) is 30.4 Å². The maximum absolute atomic E-state index is 11.4. The highest BCUT2D eigenvalue weighted by atomic mass is 16.5. The fourth-order valence-electron chi connectivity index (χ4n) is 4.13. The summed E-state index contributed by atoms with van der Waals surface area (Å²) in [5.41, 5.74) is 0.779. The summed E-state index contributed by atoms with van der Waals surface area (Å²) < 4.78 is 17.0. The Bertz CT molecular complexity index is 737. The van der Waals surface area contributed by atoms with Gasteiger partial charge in [0, 0.05) is 23.8 Å². The van der Waals surface area contributed by atoms with Crippen LogP contribution in [0.25, 0.3) is 0 Å². The molecular weight excluding hydrogens is 372 g/mol. The first-order valence-corrected chi connectivity index (χ1v) is 10.2. The van der Waals surface area contributed by atoms with E-state index < -0.39 is 5.97 Å². The minimum atomic E-state index is -0.960. The van der Waals surface area contributed by atoms with E-state index in [0.29, 0.717) is 26.2 Å². The summed E-state index contributed by atoms with van der Waals surface area (Å²) in [6, 6.07) is 9.69. The number of para-hydroxylation sites is 1. The number of ether oxygens (including phenoxy) is 3. The van der Waals surface area contributed by atoms with Crippen molar-refractivity contribution in [3.05, 3.63) is 48.1 Å². The molecule has 1 aliphatic heterocycles. The molecule has 156 valence electrons. The van der Waals surface area contributed by atoms with E-state index in [-0.39, 0.29) is 30.5 Å². The summed E-state index contributed by atoms with van der Waals surface area (Å²) >= 11 is 0. The summed E-state index contributed by atoms with van der Waals surface area (Å²) in [4.78, 5) is 22.0. The van der Waals surface area contributed by atoms with Crippen LogP contribution in [0, 0.1) is 17.8 Å². The first-order valence-electron chi connectivity index (χ1n) is 10.2. The van der Waals surface area contributed by atoms with Gasteiger partial charge in [0.1, 0.15) is 18.3 Å². The van der Waals surface area contributed by atoms with E-state index in [1.807, 2.05) is 30.3 Å². The fourth-order valence-corrected chi connectivity index (χ4v) is 4.13. The Morgan fingerprint density at radius 2 is 2.10 bits per heavy atom. The number of allylic oxidation sites excluding steroid dienone is 1. The normalized spacial score (nSPS) is 26.7. The average molecular weight is 400 g/mol. The van der Waals surface area contributed by atoms with Gasteiger partial charge in [-0.25, -0.2) is 9.59 Å². The molecule has 2 aliphatic rings. The molecule has 1 heterocycles. The number of rotatable bonds is 9. The molecule has 1 aromatic carbocycles. The maximum Gasteiger partial charge on any atom is 0.329 e. The lowest BCUT2D eigenvalue weighted by atomic mass is 9.87. The van der Waals surface area contributed by atoms with E-state index in [1.54, 1.807) is 0 Å². The molecule has 0 bridgehead atoms. The van der Waals surface area contributed by atoms with Gasteiger partial charge in [-0.3, -0.25) is 0 Å². The Labute approximate surface area is 171 Å². The van der Waals surface area contributed by atoms with Crippen molar-refractivity contribution in [3.63, 3.8) is 0 Å². The van der Waals surface area contributed by atoms with E-state index in [4.69, 9.17) is 19.3 Å². The van der Waals surface area contributed by atoms with E-state index in [0.717, 1.165) is 30.6 Å². The molecule has 0 aromatic heterocycles. The van der Waals surface area contributed by atoms with Crippen LogP contribution >= 0.6 is 0 Å². The van der Waals surface area contributed by atoms with Gasteiger partial charge in [0.25, 0.3) is 0 Å². The fraction of sp³-hybridized carbons (Fsp3) is 0.522. The second kappa shape index (κ2) is 11.0. The molecule has 3 rings (SSSR count). The zero-order valence-electron chi connectivity index (χ0n) is 16.5. The predicted octanol–water partition coefficient (Wildman–Crippen LogP) is 3.30. The van der Waals surface area contributed by atoms with Crippen molar-refractivity contribution >= 4 is 11.9 Å². The lowest BCUT2D eigenvalue weighted by Crippen LogP contribution is -2.21. The molecule has 29 heavy (non-hydrogen) atoms. The highest BCUT2D eigenvalue weighted by Gasteiger charge is 2.41. The lowest BCUT2D eigenvalue weighted by Gasteiger charge is -2.19. The molecule has 1 saturated heterocycles. The summed E-state index contributed by atoms with van der Waals surface area (Å²) in [7, 11) is 0. The molecule has 1 saturated carbocycles. The Kier molecular flexibility index (Phi) is 8.05. The number of hydrogen-bond acceptors (Lipinski definition) is 5. The summed E-state index contributed by atoms with van der Waals surface area (Å²) in [5, 5.41) is 8.69. The molecule has 0 spiro atoms. The lowest BCUT2D eigenvalue weighted by molar-refractivity contribution is -0.143. The number of carboxylic acids is 1. The van der Waals surface area contributed by atoms with Crippen molar-refractivity contribution in [1.82, 2.24) is 0 Å². The Balaban J connectivity index is 1.50. The zero-order chi connectivity index (χ0) is 20.5. The first-order chi connectivity index (χ1) is 14.2. The van der Waals surface area contributed by atoms with Crippen LogP contribution in [0.5, 0.6) is 5.75 Å². The van der Waals surface area contributed by atoms with Gasteiger partial charge in [0.2, 0.25) is 0 Å². The monoisotopic (exact) mass is 400 g/mol. The molecule has 1 aliphatic carbocycles. The SMILES string of the molecule is O=C=C1C[C@@H]2OC[C@@H](COCC(=O)O)CC[C@@H]2[C@H]1/C=C/CCOc1ccccc1. The summed E-state index contributed by atoms with van der Waals surface area (Å²) in [5.74, 6) is 2.51. The maximum atomic E-state index is 11.4. The number of carbonyl (C=O) groups excluding carboxylic acids is 1. The summed E-state index contributed by atoms with van der Waals surface area (Å²) in [6.07, 6.45) is 7.40. The van der Waals surface area contributed by atoms with Crippen molar-refractivity contribution in [2.45, 2.75) is 31.8 Å². The van der Waals surface area contributed by atoms with Crippen LogP contribution < -0.4 is 4.74 Å². The van der Waals surface area contributed by atoms with Gasteiger partial charge in [-0.2, -0.15) is 0 Å². The third kappa shape index (κ3) is 6.29. The number of carbonyl (C=O) groups is 1. The molecule has 2 fully saturated rings. The van der Waals surface area contributed by atoms with Crippen LogP contribution in [0.4, 0.5) is 0 Å². The van der Waals surface area contributed by atoms with Gasteiger partial charge in [0.15, 0.2) is 0 Å². The predicted molar refractivity (Wildman–Crippen MR) is 107 cm³/mol. The van der Waals surface area contributed by atoms with Gasteiger partial charge < -0.3 is 19.3 Å². The molecule has 0 radical (unpaired) electrons. The van der Waals surface area contributed by atoms with Gasteiger partial charge in [-0.05, 0) is 37.3 Å². The van der Waals surface area contributed by atoms with E-state index in [2.05, 4.69) is 18.1 Å². The molecule has 6 nitrogen and oxygen atoms in total. The molecule has 4 atom stereocenters. The van der Waals surface area contributed by atoms with Gasteiger partial charge >= 0.3 is 5.97 Å². The van der Waals surface area contributed by atoms with Crippen molar-refractivity contribution in [2.24, 2.45) is 17.8 Å². The number of benzene rings is 1. The van der Waals surface area contributed by atoms with Crippen LogP contribution in [0.2, 0.25) is 0 Å². The van der Waals surface area contributed by atoms with E-state index in [1.165, 1.54) is 0 Å². The Morgan fingerprint density at radius 1 is 1.28 bits per heavy atom. The van der Waals surface area contributed by atoms with E-state index in [9.17, 15) is 9.59 Å². The van der Waals surface area contributed by atoms with Crippen LogP contribution in [-0.4, -0.2) is 49.5 Å². The standard InChI is InChI=1S/C23H28O6/c24-13-18-12-22-21(10-9-17(15-29-22)14-27-16-23(25)26)20(18)8-4-5-11-28-19-6-2-1-3-7-19/h1-4,6-8,17,20-22H,5,9-12,14-16H2,(H,25,26)/b8-4+/t17-,20+,21-,22+/m1/s1. The van der Waals surface area contributed by atoms with Crippen molar-refractivity contribution < 1.29 is 28.9 Å². The highest BCUT2D eigenvalue weighted by Crippen LogP contribution is 2.43. The summed E-state index contributed by atoms with van der Waals surface area (Å²) in [6.45, 7) is 1.23. The number of aliphatic carboxylic acids is 1. The van der Waals surface area contributed by atoms with Gasteiger partial charge in [-0.15, -0.1) is 0 Å². The molecule has 0 unspecified atom stereocenters. The van der Waals surface area contributed by atoms with Crippen LogP contribution in [-0.2, 0) is 19.1 Å². The minimum absolute atomic E-state index is 0.0196. The second-order valence-electron chi connectivity index (χ2n) is 7.62. The van der Waals surface area contributed by atoms with Crippen molar-refractivity contribution in [2.75, 3.05) is 26.4 Å². The molecule has 1 aromatic rings. The topological polar surface area (TPSA) is 82.1 Å². The third-order valence-electron chi connectivity index (χ3n) is 5.57. The Hall–Kier alpha value is -2.40. The average Bonchev–Trinajstić information content (AvgIpc) is 2.93. The number of carboxylic acid groups (broad SMARTS) is 1. The Morgan fingerprint density at radius 3 is 2.86 bits per heavy atom. The molecular formula is C23H28O6. The second-order valence-corrected chi connectivity index (χ2v) is 7.62. The third-order valence-corrected chi connectivity index (χ3v) is 5.57. The van der Waals surface area contributed by atoms with Crippen molar-refractivity contribution in [3.8, 4) is 5.75 Å². The molecule has 6 heteroatoms.